The minimum atomic E-state index is -0.542. The molecule has 0 bridgehead atoms. The highest BCUT2D eigenvalue weighted by molar-refractivity contribution is 6.30. The third-order valence-corrected chi connectivity index (χ3v) is 6.17. The molecule has 0 unspecified atom stereocenters. The Labute approximate surface area is 166 Å². The second-order valence-corrected chi connectivity index (χ2v) is 8.16. The number of nitrogens with zero attached hydrogens (tertiary/aromatic N) is 2. The number of carbonyl (C=O) groups is 2. The van der Waals surface area contributed by atoms with Crippen molar-refractivity contribution in [3.63, 3.8) is 0 Å². The first-order chi connectivity index (χ1) is 12.9. The summed E-state index contributed by atoms with van der Waals surface area (Å²) in [7, 11) is 0. The number of nitrogens with one attached hydrogen (secondary N) is 1. The minimum Gasteiger partial charge on any atom is -0.368 e. The molecule has 0 atom stereocenters. The molecular formula is C20H29ClN4O2. The minimum absolute atomic E-state index is 0.0510. The molecule has 2 aliphatic rings. The van der Waals surface area contributed by atoms with Crippen LogP contribution < -0.4 is 11.1 Å². The van der Waals surface area contributed by atoms with Gasteiger partial charge in [0.25, 0.3) is 0 Å². The lowest BCUT2D eigenvalue weighted by Crippen LogP contribution is -2.63. The summed E-state index contributed by atoms with van der Waals surface area (Å²) in [6.45, 7) is 5.52. The molecule has 2 amide bonds. The fourth-order valence-electron chi connectivity index (χ4n) is 4.28. The number of piperidine rings is 2. The number of hydrogen-bond donors (Lipinski definition) is 2. The molecular weight excluding hydrogens is 364 g/mol. The molecule has 1 aromatic carbocycles. The average molecular weight is 393 g/mol. The normalized spacial score (nSPS) is 21.0. The molecule has 7 heteroatoms. The van der Waals surface area contributed by atoms with E-state index in [0.717, 1.165) is 37.2 Å². The van der Waals surface area contributed by atoms with Crippen LogP contribution in [0.25, 0.3) is 0 Å². The standard InChI is InChI=1S/C20H29ClN4O2/c1-15-13-16(21)5-6-17(15)23-18(26)14-24-11-7-20(8-12-24,19(22)27)25-9-3-2-4-10-25/h5-6,13H,2-4,7-12,14H2,1H3,(H2,22,27)(H,23,26). The summed E-state index contributed by atoms with van der Waals surface area (Å²) >= 11 is 5.96. The summed E-state index contributed by atoms with van der Waals surface area (Å²) in [6.07, 6.45) is 4.86. The largest absolute Gasteiger partial charge is 0.368 e. The number of rotatable bonds is 5. The van der Waals surface area contributed by atoms with Crippen LogP contribution in [-0.4, -0.2) is 59.9 Å². The summed E-state index contributed by atoms with van der Waals surface area (Å²) in [5, 5.41) is 3.60. The number of likely N-dealkylation sites (tertiary alicyclic amines) is 2. The fourth-order valence-corrected chi connectivity index (χ4v) is 4.51. The Kier molecular flexibility index (Phi) is 6.40. The molecule has 0 saturated carbocycles. The highest BCUT2D eigenvalue weighted by Crippen LogP contribution is 2.31. The van der Waals surface area contributed by atoms with Gasteiger partial charge in [0.05, 0.1) is 6.54 Å². The van der Waals surface area contributed by atoms with Gasteiger partial charge >= 0.3 is 0 Å². The van der Waals surface area contributed by atoms with Crippen LogP contribution in [0.1, 0.15) is 37.7 Å². The Morgan fingerprint density at radius 2 is 1.81 bits per heavy atom. The molecule has 148 valence electrons. The number of halogens is 1. The van der Waals surface area contributed by atoms with E-state index in [9.17, 15) is 9.59 Å². The molecule has 0 aromatic heterocycles. The molecule has 0 aliphatic carbocycles. The van der Waals surface area contributed by atoms with E-state index < -0.39 is 5.54 Å². The van der Waals surface area contributed by atoms with Gasteiger partial charge in [-0.1, -0.05) is 18.0 Å². The monoisotopic (exact) mass is 392 g/mol. The Hall–Kier alpha value is -1.63. The van der Waals surface area contributed by atoms with Crippen molar-refractivity contribution in [2.24, 2.45) is 5.73 Å². The van der Waals surface area contributed by atoms with Crippen molar-refractivity contribution >= 4 is 29.1 Å². The second-order valence-electron chi connectivity index (χ2n) is 7.73. The van der Waals surface area contributed by atoms with Crippen LogP contribution in [0.4, 0.5) is 5.69 Å². The van der Waals surface area contributed by atoms with Gasteiger partial charge in [-0.05, 0) is 69.5 Å². The second kappa shape index (κ2) is 8.59. The van der Waals surface area contributed by atoms with Gasteiger partial charge in [-0.15, -0.1) is 0 Å². The lowest BCUT2D eigenvalue weighted by atomic mass is 9.83. The van der Waals surface area contributed by atoms with Crippen molar-refractivity contribution < 1.29 is 9.59 Å². The number of amides is 2. The number of aryl methyl sites for hydroxylation is 1. The van der Waals surface area contributed by atoms with E-state index in [1.807, 2.05) is 19.1 Å². The SMILES string of the molecule is Cc1cc(Cl)ccc1NC(=O)CN1CCC(C(N)=O)(N2CCCCC2)CC1. The summed E-state index contributed by atoms with van der Waals surface area (Å²) < 4.78 is 0. The van der Waals surface area contributed by atoms with Gasteiger partial charge in [-0.25, -0.2) is 0 Å². The average Bonchev–Trinajstić information content (AvgIpc) is 2.65. The molecule has 3 rings (SSSR count). The predicted molar refractivity (Wildman–Crippen MR) is 108 cm³/mol. The van der Waals surface area contributed by atoms with Crippen molar-refractivity contribution in [1.82, 2.24) is 9.80 Å². The first-order valence-corrected chi connectivity index (χ1v) is 10.1. The lowest BCUT2D eigenvalue weighted by molar-refractivity contribution is -0.135. The Morgan fingerprint density at radius 3 is 2.41 bits per heavy atom. The van der Waals surface area contributed by atoms with E-state index in [1.165, 1.54) is 6.42 Å². The summed E-state index contributed by atoms with van der Waals surface area (Å²) in [6, 6.07) is 5.42. The van der Waals surface area contributed by atoms with Crippen molar-refractivity contribution in [2.45, 2.75) is 44.6 Å². The van der Waals surface area contributed by atoms with Crippen LogP contribution in [0.2, 0.25) is 5.02 Å². The molecule has 6 nitrogen and oxygen atoms in total. The van der Waals surface area contributed by atoms with Crippen molar-refractivity contribution in [3.8, 4) is 0 Å². The quantitative estimate of drug-likeness (QED) is 0.806. The first-order valence-electron chi connectivity index (χ1n) is 9.74. The van der Waals surface area contributed by atoms with Crippen LogP contribution in [-0.2, 0) is 9.59 Å². The number of benzene rings is 1. The summed E-state index contributed by atoms with van der Waals surface area (Å²) in [5.41, 5.74) is 7.00. The maximum Gasteiger partial charge on any atom is 0.238 e. The van der Waals surface area contributed by atoms with Crippen molar-refractivity contribution in [3.05, 3.63) is 28.8 Å². The van der Waals surface area contributed by atoms with Crippen LogP contribution in [0, 0.1) is 6.92 Å². The Morgan fingerprint density at radius 1 is 1.15 bits per heavy atom. The number of nitrogens with two attached hydrogens (primary N) is 1. The van der Waals surface area contributed by atoms with Gasteiger partial charge in [0, 0.05) is 23.8 Å². The number of primary amides is 1. The van der Waals surface area contributed by atoms with Crippen molar-refractivity contribution in [1.29, 1.82) is 0 Å². The first kappa shape index (κ1) is 20.1. The van der Waals surface area contributed by atoms with E-state index in [4.69, 9.17) is 17.3 Å². The number of hydrogen-bond acceptors (Lipinski definition) is 4. The fraction of sp³-hybridized carbons (Fsp3) is 0.600. The molecule has 2 heterocycles. The Bertz CT molecular complexity index is 695. The molecule has 2 saturated heterocycles. The molecule has 1 aromatic rings. The maximum absolute atomic E-state index is 12.4. The highest BCUT2D eigenvalue weighted by Gasteiger charge is 2.45. The van der Waals surface area contributed by atoms with Gasteiger partial charge in [-0.3, -0.25) is 19.4 Å². The van der Waals surface area contributed by atoms with Gasteiger partial charge in [0.2, 0.25) is 11.8 Å². The van der Waals surface area contributed by atoms with E-state index in [-0.39, 0.29) is 11.8 Å². The van der Waals surface area contributed by atoms with E-state index >= 15 is 0 Å². The van der Waals surface area contributed by atoms with Gasteiger partial charge in [0.1, 0.15) is 5.54 Å². The van der Waals surface area contributed by atoms with Gasteiger partial charge in [0.15, 0.2) is 0 Å². The van der Waals surface area contributed by atoms with Crippen LogP contribution in [0.3, 0.4) is 0 Å². The predicted octanol–water partition coefficient (Wildman–Crippen LogP) is 2.39. The number of anilines is 1. The van der Waals surface area contributed by atoms with Crippen LogP contribution in [0.5, 0.6) is 0 Å². The van der Waals surface area contributed by atoms with Gasteiger partial charge in [-0.2, -0.15) is 0 Å². The maximum atomic E-state index is 12.4. The number of carbonyl (C=O) groups excluding carboxylic acids is 2. The van der Waals surface area contributed by atoms with E-state index in [1.54, 1.807) is 6.07 Å². The van der Waals surface area contributed by atoms with Crippen molar-refractivity contribution in [2.75, 3.05) is 38.0 Å². The molecule has 2 fully saturated rings. The molecule has 27 heavy (non-hydrogen) atoms. The Balaban J connectivity index is 1.56. The smallest absolute Gasteiger partial charge is 0.238 e. The summed E-state index contributed by atoms with van der Waals surface area (Å²) in [5.74, 6) is -0.268. The zero-order valence-electron chi connectivity index (χ0n) is 16.0. The zero-order chi connectivity index (χ0) is 19.4. The van der Waals surface area contributed by atoms with E-state index in [2.05, 4.69) is 15.1 Å². The zero-order valence-corrected chi connectivity index (χ0v) is 16.7. The third kappa shape index (κ3) is 4.62. The van der Waals surface area contributed by atoms with Gasteiger partial charge < -0.3 is 11.1 Å². The molecule has 3 N–H and O–H groups in total. The molecule has 0 radical (unpaired) electrons. The summed E-state index contributed by atoms with van der Waals surface area (Å²) in [4.78, 5) is 29.1. The lowest BCUT2D eigenvalue weighted by Gasteiger charge is -2.48. The van der Waals surface area contributed by atoms with Crippen LogP contribution in [0.15, 0.2) is 18.2 Å². The molecule has 0 spiro atoms. The van der Waals surface area contributed by atoms with Crippen LogP contribution >= 0.6 is 11.6 Å². The van der Waals surface area contributed by atoms with E-state index in [0.29, 0.717) is 37.5 Å². The topological polar surface area (TPSA) is 78.7 Å². The highest BCUT2D eigenvalue weighted by atomic mass is 35.5. The third-order valence-electron chi connectivity index (χ3n) is 5.93. The molecule has 2 aliphatic heterocycles.